The van der Waals surface area contributed by atoms with Gasteiger partial charge in [0.05, 0.1) is 6.20 Å². The van der Waals surface area contributed by atoms with Crippen LogP contribution in [0.25, 0.3) is 0 Å². The van der Waals surface area contributed by atoms with Crippen molar-refractivity contribution in [1.29, 1.82) is 0 Å². The number of nitrogens with zero attached hydrogens (tertiary/aromatic N) is 2. The van der Waals surface area contributed by atoms with E-state index in [4.69, 9.17) is 0 Å². The number of halogens is 2. The van der Waals surface area contributed by atoms with E-state index in [0.717, 1.165) is 45.0 Å². The highest BCUT2D eigenvalue weighted by atomic mass is 19.1. The maximum atomic E-state index is 13.6. The normalized spacial score (nSPS) is 21.2. The highest BCUT2D eigenvalue weighted by Gasteiger charge is 2.40. The standard InChI is InChI=1S/C16H21F2N3O/c17-12-9-13(18)14(19-10-12)15(22)20-11-16(5-1-2-6-16)21-7-3-4-8-21/h9-10H,1-8,11H2,(H,20,22). The summed E-state index contributed by atoms with van der Waals surface area (Å²) in [6, 6.07) is 0.688. The van der Waals surface area contributed by atoms with Gasteiger partial charge < -0.3 is 5.32 Å². The highest BCUT2D eigenvalue weighted by molar-refractivity contribution is 5.92. The molecule has 4 nitrogen and oxygen atoms in total. The predicted octanol–water partition coefficient (Wildman–Crippen LogP) is 2.50. The second-order valence-electron chi connectivity index (χ2n) is 6.29. The van der Waals surface area contributed by atoms with Gasteiger partial charge in [-0.1, -0.05) is 12.8 Å². The van der Waals surface area contributed by atoms with Crippen molar-refractivity contribution in [3.8, 4) is 0 Å². The first kappa shape index (κ1) is 15.3. The maximum absolute atomic E-state index is 13.6. The number of likely N-dealkylation sites (tertiary alicyclic amines) is 1. The largest absolute Gasteiger partial charge is 0.349 e. The molecule has 0 spiro atoms. The second kappa shape index (κ2) is 6.28. The number of nitrogens with one attached hydrogen (secondary N) is 1. The minimum absolute atomic E-state index is 0.00265. The SMILES string of the molecule is O=C(NCC1(N2CCCC2)CCCC1)c1ncc(F)cc1F. The van der Waals surface area contributed by atoms with Gasteiger partial charge in [-0.15, -0.1) is 0 Å². The van der Waals surface area contributed by atoms with Crippen LogP contribution in [0.3, 0.4) is 0 Å². The zero-order valence-corrected chi connectivity index (χ0v) is 12.6. The van der Waals surface area contributed by atoms with Crippen molar-refractivity contribution in [2.75, 3.05) is 19.6 Å². The van der Waals surface area contributed by atoms with Gasteiger partial charge in [0.25, 0.3) is 5.91 Å². The van der Waals surface area contributed by atoms with E-state index in [9.17, 15) is 13.6 Å². The number of carbonyl (C=O) groups excluding carboxylic acids is 1. The monoisotopic (exact) mass is 309 g/mol. The maximum Gasteiger partial charge on any atom is 0.272 e. The quantitative estimate of drug-likeness (QED) is 0.929. The molecule has 1 saturated heterocycles. The Morgan fingerprint density at radius 3 is 2.55 bits per heavy atom. The Hall–Kier alpha value is -1.56. The van der Waals surface area contributed by atoms with Crippen LogP contribution in [0.2, 0.25) is 0 Å². The van der Waals surface area contributed by atoms with Gasteiger partial charge in [-0.25, -0.2) is 13.8 Å². The van der Waals surface area contributed by atoms with Crippen LogP contribution in [0.1, 0.15) is 49.0 Å². The van der Waals surface area contributed by atoms with Crippen molar-refractivity contribution in [2.45, 2.75) is 44.1 Å². The van der Waals surface area contributed by atoms with Gasteiger partial charge in [0.1, 0.15) is 5.82 Å². The van der Waals surface area contributed by atoms with Crippen molar-refractivity contribution in [1.82, 2.24) is 15.2 Å². The lowest BCUT2D eigenvalue weighted by Gasteiger charge is -2.39. The van der Waals surface area contributed by atoms with E-state index < -0.39 is 17.5 Å². The summed E-state index contributed by atoms with van der Waals surface area (Å²) in [5, 5.41) is 2.81. The molecule has 2 heterocycles. The first-order chi connectivity index (χ1) is 10.6. The van der Waals surface area contributed by atoms with Crippen LogP contribution in [-0.4, -0.2) is 41.0 Å². The number of aromatic nitrogens is 1. The summed E-state index contributed by atoms with van der Waals surface area (Å²) in [4.78, 5) is 18.2. The fourth-order valence-corrected chi connectivity index (χ4v) is 3.74. The molecule has 3 rings (SSSR count). The van der Waals surface area contributed by atoms with Crippen molar-refractivity contribution in [3.63, 3.8) is 0 Å². The molecule has 0 unspecified atom stereocenters. The predicted molar refractivity (Wildman–Crippen MR) is 78.5 cm³/mol. The molecular formula is C16H21F2N3O. The number of hydrogen-bond acceptors (Lipinski definition) is 3. The van der Waals surface area contributed by atoms with Crippen LogP contribution in [0.5, 0.6) is 0 Å². The average molecular weight is 309 g/mol. The molecule has 1 N–H and O–H groups in total. The number of hydrogen-bond donors (Lipinski definition) is 1. The van der Waals surface area contributed by atoms with E-state index in [2.05, 4.69) is 15.2 Å². The molecule has 1 saturated carbocycles. The molecule has 1 aromatic heterocycles. The van der Waals surface area contributed by atoms with Gasteiger partial charge in [-0.2, -0.15) is 0 Å². The Kier molecular flexibility index (Phi) is 4.38. The van der Waals surface area contributed by atoms with E-state index in [1.165, 1.54) is 12.8 Å². The molecule has 1 aliphatic carbocycles. The molecule has 120 valence electrons. The van der Waals surface area contributed by atoms with Gasteiger partial charge in [-0.3, -0.25) is 9.69 Å². The van der Waals surface area contributed by atoms with Crippen LogP contribution in [0, 0.1) is 11.6 Å². The molecule has 1 aliphatic heterocycles. The minimum atomic E-state index is -0.917. The molecule has 0 bridgehead atoms. The van der Waals surface area contributed by atoms with Gasteiger partial charge in [-0.05, 0) is 38.8 Å². The topological polar surface area (TPSA) is 45.2 Å². The molecule has 0 atom stereocenters. The average Bonchev–Trinajstić information content (AvgIpc) is 3.17. The van der Waals surface area contributed by atoms with Crippen LogP contribution in [-0.2, 0) is 0 Å². The molecule has 0 aromatic carbocycles. The first-order valence-electron chi connectivity index (χ1n) is 7.95. The van der Waals surface area contributed by atoms with Crippen molar-refractivity contribution in [2.24, 2.45) is 0 Å². The molecule has 1 aromatic rings. The third-order valence-corrected chi connectivity index (χ3v) is 4.91. The lowest BCUT2D eigenvalue weighted by atomic mass is 9.95. The Balaban J connectivity index is 1.68. The summed E-state index contributed by atoms with van der Waals surface area (Å²) in [6.45, 7) is 2.64. The number of amides is 1. The molecule has 22 heavy (non-hydrogen) atoms. The molecular weight excluding hydrogens is 288 g/mol. The fraction of sp³-hybridized carbons (Fsp3) is 0.625. The Bertz CT molecular complexity index is 552. The molecule has 0 radical (unpaired) electrons. The Morgan fingerprint density at radius 1 is 1.23 bits per heavy atom. The minimum Gasteiger partial charge on any atom is -0.349 e. The van der Waals surface area contributed by atoms with Crippen molar-refractivity contribution < 1.29 is 13.6 Å². The van der Waals surface area contributed by atoms with Crippen LogP contribution >= 0.6 is 0 Å². The number of carbonyl (C=O) groups is 1. The van der Waals surface area contributed by atoms with Crippen LogP contribution in [0.4, 0.5) is 8.78 Å². The summed E-state index contributed by atoms with van der Waals surface area (Å²) < 4.78 is 26.5. The molecule has 2 aliphatic rings. The van der Waals surface area contributed by atoms with Crippen molar-refractivity contribution >= 4 is 5.91 Å². The van der Waals surface area contributed by atoms with Gasteiger partial charge in [0.2, 0.25) is 0 Å². The molecule has 2 fully saturated rings. The second-order valence-corrected chi connectivity index (χ2v) is 6.29. The van der Waals surface area contributed by atoms with Gasteiger partial charge in [0.15, 0.2) is 11.5 Å². The summed E-state index contributed by atoms with van der Waals surface area (Å²) in [7, 11) is 0. The lowest BCUT2D eigenvalue weighted by Crippen LogP contribution is -2.53. The zero-order chi connectivity index (χ0) is 15.6. The van der Waals surface area contributed by atoms with Crippen molar-refractivity contribution in [3.05, 3.63) is 29.6 Å². The summed E-state index contributed by atoms with van der Waals surface area (Å²) >= 11 is 0. The lowest BCUT2D eigenvalue weighted by molar-refractivity contribution is 0.0852. The third-order valence-electron chi connectivity index (χ3n) is 4.91. The summed E-state index contributed by atoms with van der Waals surface area (Å²) in [5.74, 6) is -2.26. The van der Waals surface area contributed by atoms with Gasteiger partial charge in [0, 0.05) is 18.2 Å². The number of pyridine rings is 1. The Labute approximate surface area is 128 Å². The molecule has 1 amide bonds. The Morgan fingerprint density at radius 2 is 1.91 bits per heavy atom. The molecule has 6 heteroatoms. The van der Waals surface area contributed by atoms with E-state index in [1.807, 2.05) is 0 Å². The first-order valence-corrected chi connectivity index (χ1v) is 7.95. The zero-order valence-electron chi connectivity index (χ0n) is 12.6. The third kappa shape index (κ3) is 2.97. The summed E-state index contributed by atoms with van der Waals surface area (Å²) in [5.41, 5.74) is -0.334. The number of rotatable bonds is 4. The van der Waals surface area contributed by atoms with E-state index in [0.29, 0.717) is 12.6 Å². The smallest absolute Gasteiger partial charge is 0.272 e. The highest BCUT2D eigenvalue weighted by Crippen LogP contribution is 2.36. The van der Waals surface area contributed by atoms with Crippen LogP contribution < -0.4 is 5.32 Å². The van der Waals surface area contributed by atoms with Gasteiger partial charge >= 0.3 is 0 Å². The summed E-state index contributed by atoms with van der Waals surface area (Å²) in [6.07, 6.45) is 7.71. The van der Waals surface area contributed by atoms with Crippen LogP contribution in [0.15, 0.2) is 12.3 Å². The van der Waals surface area contributed by atoms with E-state index >= 15 is 0 Å². The van der Waals surface area contributed by atoms with E-state index in [-0.39, 0.29) is 11.2 Å². The fourth-order valence-electron chi connectivity index (χ4n) is 3.74. The van der Waals surface area contributed by atoms with E-state index in [1.54, 1.807) is 0 Å².